The molecule has 2 saturated heterocycles. The molecular weight excluding hydrogens is 376 g/mol. The molecule has 1 aromatic rings. The van der Waals surface area contributed by atoms with Crippen LogP contribution in [0.5, 0.6) is 0 Å². The van der Waals surface area contributed by atoms with Crippen molar-refractivity contribution in [3.05, 3.63) is 35.9 Å². The van der Waals surface area contributed by atoms with E-state index in [2.05, 4.69) is 34.1 Å². The van der Waals surface area contributed by atoms with Crippen LogP contribution in [0.15, 0.2) is 30.3 Å². The van der Waals surface area contributed by atoms with Crippen LogP contribution in [0.4, 0.5) is 0 Å². The molecule has 1 aromatic carbocycles. The van der Waals surface area contributed by atoms with E-state index in [1.54, 1.807) is 0 Å². The molecule has 2 aliphatic carbocycles. The SMILES string of the molecule is O=C(N1C[C@H]2C[C@@H](N3CCOCC3)[C@H](O)C[C@H]2C1)C1(c2ccccc2)CCCCC1. The molecule has 164 valence electrons. The summed E-state index contributed by atoms with van der Waals surface area (Å²) in [6.45, 7) is 5.05. The Balaban J connectivity index is 1.32. The zero-order valence-electron chi connectivity index (χ0n) is 18.0. The number of ether oxygens (including phenoxy) is 1. The van der Waals surface area contributed by atoms with Crippen molar-refractivity contribution in [3.63, 3.8) is 0 Å². The third-order valence-electron chi connectivity index (χ3n) is 8.35. The first-order valence-electron chi connectivity index (χ1n) is 12.0. The standard InChI is InChI=1S/C25H36N2O3/c28-23-16-20-18-27(17-19(20)15-22(23)26-11-13-30-14-12-26)24(29)25(9-5-2-6-10-25)21-7-3-1-4-8-21/h1,3-4,7-8,19-20,22-23,28H,2,5-6,9-18H2/t19-,20+,22-,23-/m1/s1. The number of hydrogen-bond donors (Lipinski definition) is 1. The molecule has 0 bridgehead atoms. The fraction of sp³-hybridized carbons (Fsp3) is 0.720. The van der Waals surface area contributed by atoms with Crippen molar-refractivity contribution in [2.75, 3.05) is 39.4 Å². The first-order chi connectivity index (χ1) is 14.7. The van der Waals surface area contributed by atoms with E-state index in [0.717, 1.165) is 77.9 Å². The minimum Gasteiger partial charge on any atom is -0.391 e. The van der Waals surface area contributed by atoms with Gasteiger partial charge in [-0.3, -0.25) is 9.69 Å². The Bertz CT molecular complexity index is 727. The van der Waals surface area contributed by atoms with Crippen LogP contribution in [0, 0.1) is 11.8 Å². The van der Waals surface area contributed by atoms with Crippen molar-refractivity contribution in [2.45, 2.75) is 62.5 Å². The van der Waals surface area contributed by atoms with Crippen LogP contribution in [-0.4, -0.2) is 72.4 Å². The number of rotatable bonds is 3. The summed E-state index contributed by atoms with van der Waals surface area (Å²) in [6.07, 6.45) is 7.01. The third-order valence-corrected chi connectivity index (χ3v) is 8.35. The molecule has 5 heteroatoms. The normalized spacial score (nSPS) is 34.5. The average molecular weight is 413 g/mol. The van der Waals surface area contributed by atoms with Crippen LogP contribution in [0.1, 0.15) is 50.5 Å². The summed E-state index contributed by atoms with van der Waals surface area (Å²) < 4.78 is 5.51. The smallest absolute Gasteiger partial charge is 0.233 e. The largest absolute Gasteiger partial charge is 0.391 e. The van der Waals surface area contributed by atoms with Crippen molar-refractivity contribution in [1.29, 1.82) is 0 Å². The highest BCUT2D eigenvalue weighted by Crippen LogP contribution is 2.44. The van der Waals surface area contributed by atoms with Gasteiger partial charge in [-0.15, -0.1) is 0 Å². The predicted molar refractivity (Wildman–Crippen MR) is 116 cm³/mol. The number of carbonyl (C=O) groups excluding carboxylic acids is 1. The predicted octanol–water partition coefficient (Wildman–Crippen LogP) is 2.82. The Morgan fingerprint density at radius 3 is 2.33 bits per heavy atom. The second kappa shape index (κ2) is 8.60. The summed E-state index contributed by atoms with van der Waals surface area (Å²) in [5, 5.41) is 10.9. The molecule has 5 nitrogen and oxygen atoms in total. The zero-order chi connectivity index (χ0) is 20.6. The van der Waals surface area contributed by atoms with E-state index in [1.807, 2.05) is 6.07 Å². The van der Waals surface area contributed by atoms with E-state index < -0.39 is 0 Å². The monoisotopic (exact) mass is 412 g/mol. The zero-order valence-corrected chi connectivity index (χ0v) is 18.0. The molecule has 2 heterocycles. The Morgan fingerprint density at radius 1 is 0.967 bits per heavy atom. The van der Waals surface area contributed by atoms with E-state index in [-0.39, 0.29) is 17.6 Å². The lowest BCUT2D eigenvalue weighted by atomic mass is 9.68. The van der Waals surface area contributed by atoms with Gasteiger partial charge in [0, 0.05) is 32.2 Å². The quantitative estimate of drug-likeness (QED) is 0.830. The number of aliphatic hydroxyl groups is 1. The van der Waals surface area contributed by atoms with Crippen LogP contribution in [-0.2, 0) is 14.9 Å². The van der Waals surface area contributed by atoms with Gasteiger partial charge in [-0.1, -0.05) is 49.6 Å². The fourth-order valence-corrected chi connectivity index (χ4v) is 6.72. The van der Waals surface area contributed by atoms with E-state index in [0.29, 0.717) is 17.7 Å². The van der Waals surface area contributed by atoms with Crippen LogP contribution in [0.25, 0.3) is 0 Å². The van der Waals surface area contributed by atoms with Crippen LogP contribution >= 0.6 is 0 Å². The van der Waals surface area contributed by atoms with Gasteiger partial charge in [0.2, 0.25) is 5.91 Å². The van der Waals surface area contributed by atoms with Crippen LogP contribution < -0.4 is 0 Å². The molecule has 4 fully saturated rings. The van der Waals surface area contributed by atoms with Crippen LogP contribution in [0.3, 0.4) is 0 Å². The van der Waals surface area contributed by atoms with Crippen molar-refractivity contribution in [3.8, 4) is 0 Å². The van der Waals surface area contributed by atoms with Gasteiger partial charge >= 0.3 is 0 Å². The number of hydrogen-bond acceptors (Lipinski definition) is 4. The molecule has 1 N–H and O–H groups in total. The Hall–Kier alpha value is -1.43. The van der Waals surface area contributed by atoms with Crippen molar-refractivity contribution in [1.82, 2.24) is 9.80 Å². The Labute approximate surface area is 180 Å². The van der Waals surface area contributed by atoms with E-state index in [1.165, 1.54) is 12.0 Å². The number of amides is 1. The molecule has 5 rings (SSSR count). The molecule has 4 atom stereocenters. The fourth-order valence-electron chi connectivity index (χ4n) is 6.72. The molecule has 4 aliphatic rings. The van der Waals surface area contributed by atoms with Gasteiger partial charge in [-0.05, 0) is 43.1 Å². The number of morpholine rings is 1. The Morgan fingerprint density at radius 2 is 1.63 bits per heavy atom. The average Bonchev–Trinajstić information content (AvgIpc) is 3.22. The lowest BCUT2D eigenvalue weighted by molar-refractivity contribution is -0.138. The number of nitrogens with zero attached hydrogens (tertiary/aromatic N) is 2. The van der Waals surface area contributed by atoms with Crippen molar-refractivity contribution >= 4 is 5.91 Å². The topological polar surface area (TPSA) is 53.0 Å². The summed E-state index contributed by atoms with van der Waals surface area (Å²) >= 11 is 0. The molecule has 30 heavy (non-hydrogen) atoms. The molecule has 2 saturated carbocycles. The maximum absolute atomic E-state index is 14.0. The minimum absolute atomic E-state index is 0.225. The Kier molecular flexibility index (Phi) is 5.87. The number of benzene rings is 1. The van der Waals surface area contributed by atoms with Gasteiger partial charge in [0.15, 0.2) is 0 Å². The molecule has 1 amide bonds. The van der Waals surface area contributed by atoms with E-state index in [9.17, 15) is 9.90 Å². The summed E-state index contributed by atoms with van der Waals surface area (Å²) in [6, 6.07) is 10.7. The van der Waals surface area contributed by atoms with Gasteiger partial charge < -0.3 is 14.7 Å². The first-order valence-corrected chi connectivity index (χ1v) is 12.0. The van der Waals surface area contributed by atoms with Crippen molar-refractivity contribution in [2.24, 2.45) is 11.8 Å². The molecule has 0 unspecified atom stereocenters. The lowest BCUT2D eigenvalue weighted by Crippen LogP contribution is -2.53. The third kappa shape index (κ3) is 3.69. The second-order valence-electron chi connectivity index (χ2n) is 9.99. The van der Waals surface area contributed by atoms with Gasteiger partial charge in [-0.25, -0.2) is 0 Å². The number of fused-ring (bicyclic) bond motifs is 1. The lowest BCUT2D eigenvalue weighted by Gasteiger charge is -2.43. The number of likely N-dealkylation sites (tertiary alicyclic amines) is 1. The highest BCUT2D eigenvalue weighted by molar-refractivity contribution is 5.88. The van der Waals surface area contributed by atoms with E-state index in [4.69, 9.17) is 4.74 Å². The highest BCUT2D eigenvalue weighted by atomic mass is 16.5. The summed E-state index contributed by atoms with van der Waals surface area (Å²) in [4.78, 5) is 18.6. The summed E-state index contributed by atoms with van der Waals surface area (Å²) in [5.74, 6) is 1.31. The molecule has 0 spiro atoms. The van der Waals surface area contributed by atoms with Gasteiger partial charge in [0.05, 0.1) is 24.7 Å². The summed E-state index contributed by atoms with van der Waals surface area (Å²) in [7, 11) is 0. The molecule has 0 radical (unpaired) electrons. The molecule has 0 aromatic heterocycles. The van der Waals surface area contributed by atoms with Crippen molar-refractivity contribution < 1.29 is 14.6 Å². The molecule has 2 aliphatic heterocycles. The maximum atomic E-state index is 14.0. The van der Waals surface area contributed by atoms with Gasteiger partial charge in [-0.2, -0.15) is 0 Å². The number of carbonyl (C=O) groups is 1. The van der Waals surface area contributed by atoms with E-state index >= 15 is 0 Å². The molecular formula is C25H36N2O3. The van der Waals surface area contributed by atoms with Gasteiger partial charge in [0.1, 0.15) is 0 Å². The van der Waals surface area contributed by atoms with Crippen LogP contribution in [0.2, 0.25) is 0 Å². The first kappa shape index (κ1) is 20.5. The highest BCUT2D eigenvalue weighted by Gasteiger charge is 2.49. The minimum atomic E-state index is -0.338. The maximum Gasteiger partial charge on any atom is 0.233 e. The van der Waals surface area contributed by atoms with Gasteiger partial charge in [0.25, 0.3) is 0 Å². The second-order valence-corrected chi connectivity index (χ2v) is 9.99. The number of aliphatic hydroxyl groups excluding tert-OH is 1. The summed E-state index contributed by atoms with van der Waals surface area (Å²) in [5.41, 5.74) is 0.866.